The first-order valence-electron chi connectivity index (χ1n) is 9.96. The lowest BCUT2D eigenvalue weighted by Gasteiger charge is -2.31. The molecule has 4 heterocycles. The summed E-state index contributed by atoms with van der Waals surface area (Å²) in [5.74, 6) is 1.43. The van der Waals surface area contributed by atoms with E-state index in [0.29, 0.717) is 17.4 Å². The molecule has 5 rings (SSSR count). The van der Waals surface area contributed by atoms with Crippen LogP contribution in [0.15, 0.2) is 54.0 Å². The minimum absolute atomic E-state index is 0.121. The molecule has 1 saturated heterocycles. The monoisotopic (exact) mass is 437 g/mol. The number of rotatable bonds is 4. The molecule has 152 valence electrons. The van der Waals surface area contributed by atoms with Crippen LogP contribution < -0.4 is 0 Å². The van der Waals surface area contributed by atoms with Crippen LogP contribution in [-0.2, 0) is 11.2 Å². The number of carbonyl (C=O) groups is 1. The van der Waals surface area contributed by atoms with Gasteiger partial charge in [0.25, 0.3) is 0 Å². The highest BCUT2D eigenvalue weighted by Crippen LogP contribution is 2.31. The number of halogens is 1. The zero-order chi connectivity index (χ0) is 20.5. The van der Waals surface area contributed by atoms with Crippen LogP contribution >= 0.6 is 22.9 Å². The van der Waals surface area contributed by atoms with Gasteiger partial charge in [-0.3, -0.25) is 9.20 Å². The van der Waals surface area contributed by atoms with E-state index in [1.807, 2.05) is 63.3 Å². The van der Waals surface area contributed by atoms with Crippen LogP contribution in [-0.4, -0.2) is 43.5 Å². The van der Waals surface area contributed by atoms with Crippen LogP contribution in [0.5, 0.6) is 0 Å². The molecule has 1 aliphatic rings. The molecule has 3 aromatic heterocycles. The topological polar surface area (TPSA) is 63.4 Å². The van der Waals surface area contributed by atoms with Crippen molar-refractivity contribution in [3.8, 4) is 10.6 Å². The highest BCUT2D eigenvalue weighted by molar-refractivity contribution is 7.13. The van der Waals surface area contributed by atoms with Gasteiger partial charge in [0.05, 0.1) is 17.1 Å². The highest BCUT2D eigenvalue weighted by atomic mass is 35.5. The Kier molecular flexibility index (Phi) is 5.23. The molecule has 6 nitrogen and oxygen atoms in total. The number of thiazole rings is 1. The molecule has 0 atom stereocenters. The molecule has 0 saturated carbocycles. The van der Waals surface area contributed by atoms with Crippen LogP contribution in [0.25, 0.3) is 16.2 Å². The third-order valence-electron chi connectivity index (χ3n) is 5.54. The minimum atomic E-state index is 0.121. The Hall–Kier alpha value is -2.77. The van der Waals surface area contributed by atoms with Crippen LogP contribution in [0.4, 0.5) is 0 Å². The molecule has 1 fully saturated rings. The first-order valence-corrected chi connectivity index (χ1v) is 11.2. The number of carbonyl (C=O) groups excluding carboxylic acids is 1. The predicted molar refractivity (Wildman–Crippen MR) is 118 cm³/mol. The molecular formula is C22H20ClN5OS. The van der Waals surface area contributed by atoms with Crippen molar-refractivity contribution in [2.24, 2.45) is 0 Å². The van der Waals surface area contributed by atoms with Crippen molar-refractivity contribution in [3.05, 3.63) is 70.6 Å². The van der Waals surface area contributed by atoms with Crippen molar-refractivity contribution < 1.29 is 4.79 Å². The van der Waals surface area contributed by atoms with Gasteiger partial charge in [-0.15, -0.1) is 21.5 Å². The lowest BCUT2D eigenvalue weighted by molar-refractivity contribution is -0.131. The first kappa shape index (κ1) is 19.2. The quantitative estimate of drug-likeness (QED) is 0.473. The van der Waals surface area contributed by atoms with Gasteiger partial charge in [-0.25, -0.2) is 4.98 Å². The number of piperidine rings is 1. The van der Waals surface area contributed by atoms with Crippen LogP contribution in [0, 0.1) is 0 Å². The second-order valence-corrected chi connectivity index (χ2v) is 8.71. The van der Waals surface area contributed by atoms with Gasteiger partial charge in [0.2, 0.25) is 5.91 Å². The van der Waals surface area contributed by atoms with Gasteiger partial charge in [0.1, 0.15) is 10.8 Å². The van der Waals surface area contributed by atoms with Crippen LogP contribution in [0.3, 0.4) is 0 Å². The summed E-state index contributed by atoms with van der Waals surface area (Å²) in [5, 5.41) is 12.1. The SMILES string of the molecule is O=C(Cc1csc(-c2ccccc2Cl)n1)N1CCC(c2nnc3ccccn23)CC1. The maximum Gasteiger partial charge on any atom is 0.228 e. The van der Waals surface area contributed by atoms with Gasteiger partial charge in [-0.2, -0.15) is 0 Å². The van der Waals surface area contributed by atoms with E-state index < -0.39 is 0 Å². The lowest BCUT2D eigenvalue weighted by Crippen LogP contribution is -2.39. The van der Waals surface area contributed by atoms with Gasteiger partial charge in [-0.05, 0) is 31.0 Å². The molecule has 0 bridgehead atoms. The average Bonchev–Trinajstić information content (AvgIpc) is 3.41. The summed E-state index contributed by atoms with van der Waals surface area (Å²) in [4.78, 5) is 19.4. The molecule has 8 heteroatoms. The van der Waals surface area contributed by atoms with E-state index in [1.54, 1.807) is 0 Å². The molecule has 0 unspecified atom stereocenters. The Morgan fingerprint density at radius 1 is 1.10 bits per heavy atom. The summed E-state index contributed by atoms with van der Waals surface area (Å²) < 4.78 is 2.05. The van der Waals surface area contributed by atoms with Crippen molar-refractivity contribution in [2.75, 3.05) is 13.1 Å². The number of amides is 1. The van der Waals surface area contributed by atoms with Gasteiger partial charge >= 0.3 is 0 Å². The predicted octanol–water partition coefficient (Wildman–Crippen LogP) is 4.45. The van der Waals surface area contributed by atoms with Gasteiger partial charge in [0, 0.05) is 36.1 Å². The second-order valence-electron chi connectivity index (χ2n) is 7.44. The molecule has 0 N–H and O–H groups in total. The Morgan fingerprint density at radius 2 is 1.90 bits per heavy atom. The van der Waals surface area contributed by atoms with Crippen molar-refractivity contribution in [3.63, 3.8) is 0 Å². The standard InChI is InChI=1S/C22H20ClN5OS/c23-18-6-2-1-5-17(18)22-24-16(14-30-22)13-20(29)27-11-8-15(9-12-27)21-26-25-19-7-3-4-10-28(19)21/h1-7,10,14-15H,8-9,11-13H2. The van der Waals surface area contributed by atoms with Crippen molar-refractivity contribution >= 4 is 34.5 Å². The number of nitrogens with zero attached hydrogens (tertiary/aromatic N) is 5. The summed E-state index contributed by atoms with van der Waals surface area (Å²) in [7, 11) is 0. The van der Waals surface area contributed by atoms with E-state index in [-0.39, 0.29) is 5.91 Å². The second kappa shape index (κ2) is 8.16. The van der Waals surface area contributed by atoms with Gasteiger partial charge in [0.15, 0.2) is 5.65 Å². The maximum atomic E-state index is 12.8. The normalized spacial score (nSPS) is 15.0. The van der Waals surface area contributed by atoms with E-state index in [9.17, 15) is 4.79 Å². The highest BCUT2D eigenvalue weighted by Gasteiger charge is 2.27. The van der Waals surface area contributed by atoms with E-state index in [4.69, 9.17) is 11.6 Å². The zero-order valence-electron chi connectivity index (χ0n) is 16.2. The Labute approximate surface area is 183 Å². The Bertz CT molecular complexity index is 1190. The third-order valence-corrected chi connectivity index (χ3v) is 6.80. The fourth-order valence-corrected chi connectivity index (χ4v) is 5.08. The smallest absolute Gasteiger partial charge is 0.228 e. The first-order chi connectivity index (χ1) is 14.7. The largest absolute Gasteiger partial charge is 0.342 e. The number of aromatic nitrogens is 4. The molecule has 4 aromatic rings. The average molecular weight is 438 g/mol. The fourth-order valence-electron chi connectivity index (χ4n) is 3.94. The van der Waals surface area contributed by atoms with Gasteiger partial charge < -0.3 is 4.90 Å². The Morgan fingerprint density at radius 3 is 2.73 bits per heavy atom. The van der Waals surface area contributed by atoms with Crippen molar-refractivity contribution in [1.82, 2.24) is 24.5 Å². The molecule has 0 spiro atoms. The van der Waals surface area contributed by atoms with E-state index in [2.05, 4.69) is 15.2 Å². The molecule has 1 aliphatic heterocycles. The minimum Gasteiger partial charge on any atom is -0.342 e. The van der Waals surface area contributed by atoms with E-state index in [0.717, 1.165) is 53.7 Å². The van der Waals surface area contributed by atoms with Crippen LogP contribution in [0.1, 0.15) is 30.3 Å². The molecule has 1 amide bonds. The van der Waals surface area contributed by atoms with Crippen molar-refractivity contribution in [2.45, 2.75) is 25.2 Å². The summed E-state index contributed by atoms with van der Waals surface area (Å²) in [5.41, 5.74) is 2.57. The third kappa shape index (κ3) is 3.70. The molecule has 30 heavy (non-hydrogen) atoms. The number of likely N-dealkylation sites (tertiary alicyclic amines) is 1. The molecule has 0 aliphatic carbocycles. The maximum absolute atomic E-state index is 12.8. The zero-order valence-corrected chi connectivity index (χ0v) is 17.8. The summed E-state index contributed by atoms with van der Waals surface area (Å²) in [6.07, 6.45) is 4.10. The molecular weight excluding hydrogens is 418 g/mol. The number of benzene rings is 1. The number of fused-ring (bicyclic) bond motifs is 1. The van der Waals surface area contributed by atoms with Gasteiger partial charge in [-0.1, -0.05) is 35.9 Å². The van der Waals surface area contributed by atoms with E-state index >= 15 is 0 Å². The van der Waals surface area contributed by atoms with Crippen molar-refractivity contribution in [1.29, 1.82) is 0 Å². The summed E-state index contributed by atoms with van der Waals surface area (Å²) in [6.45, 7) is 1.46. The molecule has 0 radical (unpaired) electrons. The fraction of sp³-hybridized carbons (Fsp3) is 0.273. The number of pyridine rings is 1. The summed E-state index contributed by atoms with van der Waals surface area (Å²) in [6, 6.07) is 13.6. The summed E-state index contributed by atoms with van der Waals surface area (Å²) >= 11 is 7.79. The van der Waals surface area contributed by atoms with Crippen LogP contribution in [0.2, 0.25) is 5.02 Å². The Balaban J connectivity index is 1.22. The van der Waals surface area contributed by atoms with E-state index in [1.165, 1.54) is 11.3 Å². The molecule has 1 aromatic carbocycles. The lowest BCUT2D eigenvalue weighted by atomic mass is 9.95. The number of hydrogen-bond donors (Lipinski definition) is 0. The number of hydrogen-bond acceptors (Lipinski definition) is 5.